The van der Waals surface area contributed by atoms with Gasteiger partial charge in [-0.05, 0) is 26.1 Å². The molecule has 0 saturated heterocycles. The molecule has 0 radical (unpaired) electrons. The first-order valence-electron chi connectivity index (χ1n) is 5.62. The number of aliphatic carboxylic acids is 2. The Morgan fingerprint density at radius 1 is 0.941 bits per heavy atom. The number of hydrogen-bond acceptors (Lipinski definition) is 3. The van der Waals surface area contributed by atoms with Gasteiger partial charge in [-0.15, -0.1) is 0 Å². The van der Waals surface area contributed by atoms with Gasteiger partial charge in [0.05, 0.1) is 0 Å². The van der Waals surface area contributed by atoms with Crippen LogP contribution >= 0.6 is 0 Å². The third kappa shape index (κ3) is 12.8. The van der Waals surface area contributed by atoms with Crippen LogP contribution in [0.4, 0.5) is 0 Å². The van der Waals surface area contributed by atoms with Crippen molar-refractivity contribution in [1.82, 2.24) is 4.90 Å². The predicted molar refractivity (Wildman–Crippen MR) is 69.7 cm³/mol. The van der Waals surface area contributed by atoms with Crippen LogP contribution in [0.5, 0.6) is 0 Å². The zero-order valence-corrected chi connectivity index (χ0v) is 10.6. The number of carbonyl (C=O) groups is 2. The Morgan fingerprint density at radius 2 is 1.24 bits per heavy atom. The standard InChI is InChI=1S/C6H15N.C5H8O4.K.H/c1-4-7(5-2)6-3;1-2-3(4(6)7)5(8)9;;/h4-6H2,1-3H3;3H,2H2,1H3,(H,6,7)(H,8,9);;. The molecule has 0 aromatic heterocycles. The summed E-state index contributed by atoms with van der Waals surface area (Å²) in [6, 6.07) is 0. The maximum atomic E-state index is 9.99. The molecule has 0 heterocycles. The Bertz CT molecular complexity index is 188. The van der Waals surface area contributed by atoms with E-state index in [1.54, 1.807) is 0 Å². The van der Waals surface area contributed by atoms with Gasteiger partial charge < -0.3 is 15.1 Å². The minimum atomic E-state index is -1.27. The molecular weight excluding hydrogens is 249 g/mol. The van der Waals surface area contributed by atoms with Gasteiger partial charge in [0.25, 0.3) is 0 Å². The molecule has 0 saturated carbocycles. The number of nitrogens with zero attached hydrogens (tertiary/aromatic N) is 1. The van der Waals surface area contributed by atoms with Gasteiger partial charge in [0.1, 0.15) is 0 Å². The van der Waals surface area contributed by atoms with Crippen molar-refractivity contribution < 1.29 is 19.8 Å². The van der Waals surface area contributed by atoms with Crippen molar-refractivity contribution in [1.29, 1.82) is 0 Å². The average Bonchev–Trinajstić information content (AvgIpc) is 2.21. The first-order valence-corrected chi connectivity index (χ1v) is 5.62. The summed E-state index contributed by atoms with van der Waals surface area (Å²) in [6.45, 7) is 11.6. The van der Waals surface area contributed by atoms with Crippen LogP contribution in [-0.2, 0) is 9.59 Å². The van der Waals surface area contributed by atoms with E-state index in [1.165, 1.54) is 26.6 Å². The second kappa shape index (κ2) is 14.6. The molecule has 0 aliphatic rings. The summed E-state index contributed by atoms with van der Waals surface area (Å²) in [5, 5.41) is 16.3. The van der Waals surface area contributed by atoms with Crippen molar-refractivity contribution in [3.8, 4) is 0 Å². The molecule has 0 spiro atoms. The molecule has 2 N–H and O–H groups in total. The van der Waals surface area contributed by atoms with Crippen LogP contribution in [0.15, 0.2) is 0 Å². The molecule has 0 bridgehead atoms. The van der Waals surface area contributed by atoms with E-state index in [0.717, 1.165) is 0 Å². The topological polar surface area (TPSA) is 77.8 Å². The molecule has 0 atom stereocenters. The molecule has 6 heteroatoms. The van der Waals surface area contributed by atoms with Crippen LogP contribution in [0.25, 0.3) is 0 Å². The minimum absolute atomic E-state index is 0. The molecule has 0 rings (SSSR count). The molecule has 0 aromatic rings. The third-order valence-corrected chi connectivity index (χ3v) is 2.35. The summed E-state index contributed by atoms with van der Waals surface area (Å²) in [5.74, 6) is -3.79. The third-order valence-electron chi connectivity index (χ3n) is 2.35. The second-order valence-corrected chi connectivity index (χ2v) is 3.26. The fourth-order valence-corrected chi connectivity index (χ4v) is 1.13. The Balaban J connectivity index is -0.000000224. The Morgan fingerprint density at radius 3 is 1.24 bits per heavy atom. The van der Waals surface area contributed by atoms with E-state index in [-0.39, 0.29) is 57.8 Å². The van der Waals surface area contributed by atoms with E-state index in [2.05, 4.69) is 25.7 Å². The summed E-state index contributed by atoms with van der Waals surface area (Å²) < 4.78 is 0. The van der Waals surface area contributed by atoms with Gasteiger partial charge in [0, 0.05) is 0 Å². The summed E-state index contributed by atoms with van der Waals surface area (Å²) in [7, 11) is 0. The predicted octanol–water partition coefficient (Wildman–Crippen LogP) is 0.881. The molecule has 0 amide bonds. The van der Waals surface area contributed by atoms with Crippen molar-refractivity contribution >= 4 is 63.3 Å². The Kier molecular flexibility index (Phi) is 19.5. The van der Waals surface area contributed by atoms with Crippen LogP contribution in [0.3, 0.4) is 0 Å². The normalized spacial score (nSPS) is 9.29. The van der Waals surface area contributed by atoms with Crippen molar-refractivity contribution in [3.05, 3.63) is 0 Å². The van der Waals surface area contributed by atoms with E-state index < -0.39 is 17.9 Å². The van der Waals surface area contributed by atoms with Crippen molar-refractivity contribution in [2.45, 2.75) is 34.1 Å². The fourth-order valence-electron chi connectivity index (χ4n) is 1.13. The summed E-state index contributed by atoms with van der Waals surface area (Å²) in [4.78, 5) is 22.4. The van der Waals surface area contributed by atoms with Gasteiger partial charge in [-0.2, -0.15) is 0 Å². The summed E-state index contributed by atoms with van der Waals surface area (Å²) in [5.41, 5.74) is 0. The average molecular weight is 273 g/mol. The van der Waals surface area contributed by atoms with E-state index in [4.69, 9.17) is 10.2 Å². The summed E-state index contributed by atoms with van der Waals surface area (Å²) in [6.07, 6.45) is 0.130. The molecule has 5 nitrogen and oxygen atoms in total. The van der Waals surface area contributed by atoms with Crippen LogP contribution in [0, 0.1) is 5.92 Å². The zero-order chi connectivity index (χ0) is 13.1. The van der Waals surface area contributed by atoms with Crippen LogP contribution in [-0.4, -0.2) is 98.1 Å². The van der Waals surface area contributed by atoms with Gasteiger partial charge in [0.2, 0.25) is 0 Å². The monoisotopic (exact) mass is 273 g/mol. The first kappa shape index (κ1) is 22.7. The van der Waals surface area contributed by atoms with Crippen molar-refractivity contribution in [3.63, 3.8) is 0 Å². The van der Waals surface area contributed by atoms with Gasteiger partial charge in [0.15, 0.2) is 5.92 Å². The molecule has 0 aliphatic carbocycles. The molecule has 0 aliphatic heterocycles. The number of rotatable bonds is 6. The van der Waals surface area contributed by atoms with Gasteiger partial charge >= 0.3 is 63.3 Å². The van der Waals surface area contributed by atoms with E-state index in [1.807, 2.05) is 0 Å². The SMILES string of the molecule is CCC(C(=O)O)C(=O)O.CCN(CC)CC.[KH]. The fraction of sp³-hybridized carbons (Fsp3) is 0.818. The molecule has 98 valence electrons. The number of carboxylic acids is 2. The maximum absolute atomic E-state index is 9.99. The van der Waals surface area contributed by atoms with Crippen LogP contribution < -0.4 is 0 Å². The molecular formula is C11H24KNO4. The van der Waals surface area contributed by atoms with E-state index in [0.29, 0.717) is 0 Å². The Labute approximate surface area is 146 Å². The number of carboxylic acid groups (broad SMARTS) is 2. The van der Waals surface area contributed by atoms with Crippen molar-refractivity contribution in [2.75, 3.05) is 19.6 Å². The molecule has 0 unspecified atom stereocenters. The van der Waals surface area contributed by atoms with E-state index >= 15 is 0 Å². The second-order valence-electron chi connectivity index (χ2n) is 3.26. The molecule has 0 fully saturated rings. The van der Waals surface area contributed by atoms with Gasteiger partial charge in [-0.3, -0.25) is 9.59 Å². The Hall–Kier alpha value is 0.536. The zero-order valence-electron chi connectivity index (χ0n) is 10.6. The van der Waals surface area contributed by atoms with Crippen LogP contribution in [0.2, 0.25) is 0 Å². The van der Waals surface area contributed by atoms with Gasteiger partial charge in [-0.25, -0.2) is 0 Å². The van der Waals surface area contributed by atoms with Crippen LogP contribution in [0.1, 0.15) is 34.1 Å². The quantitative estimate of drug-likeness (QED) is 0.555. The molecule has 17 heavy (non-hydrogen) atoms. The van der Waals surface area contributed by atoms with E-state index in [9.17, 15) is 9.59 Å². The van der Waals surface area contributed by atoms with Crippen molar-refractivity contribution in [2.24, 2.45) is 5.92 Å². The van der Waals surface area contributed by atoms with Gasteiger partial charge in [-0.1, -0.05) is 27.7 Å². The number of hydrogen-bond donors (Lipinski definition) is 2. The molecule has 0 aromatic carbocycles. The summed E-state index contributed by atoms with van der Waals surface area (Å²) >= 11 is 0. The first-order chi connectivity index (χ1) is 7.44.